The number of fused-ring (bicyclic) bond motifs is 1. The molecule has 3 aromatic rings. The zero-order valence-corrected chi connectivity index (χ0v) is 17.3. The SMILES string of the molecule is CCN(CC)[C@@H](CNC(=O)Cn1nnc2ccccc2c1=O)c1ccccc1Cl. The van der Waals surface area contributed by atoms with Gasteiger partial charge in [-0.05, 0) is 36.9 Å². The van der Waals surface area contributed by atoms with Gasteiger partial charge in [-0.25, -0.2) is 4.68 Å². The molecule has 0 saturated carbocycles. The zero-order chi connectivity index (χ0) is 20.8. The molecule has 3 rings (SSSR count). The number of aromatic nitrogens is 3. The molecule has 29 heavy (non-hydrogen) atoms. The van der Waals surface area contributed by atoms with E-state index in [-0.39, 0.29) is 24.1 Å². The predicted molar refractivity (Wildman–Crippen MR) is 114 cm³/mol. The first-order valence-corrected chi connectivity index (χ1v) is 10.0. The molecule has 0 aliphatic carbocycles. The fraction of sp³-hybridized carbons (Fsp3) is 0.333. The molecule has 8 heteroatoms. The summed E-state index contributed by atoms with van der Waals surface area (Å²) in [4.78, 5) is 27.3. The lowest BCUT2D eigenvalue weighted by molar-refractivity contribution is -0.122. The van der Waals surface area contributed by atoms with Gasteiger partial charge in [0.15, 0.2) is 0 Å². The average Bonchev–Trinajstić information content (AvgIpc) is 2.74. The van der Waals surface area contributed by atoms with Gasteiger partial charge in [0.05, 0.1) is 11.4 Å². The number of hydrogen-bond acceptors (Lipinski definition) is 5. The number of nitrogens with zero attached hydrogens (tertiary/aromatic N) is 4. The van der Waals surface area contributed by atoms with Gasteiger partial charge in [-0.1, -0.05) is 61.0 Å². The van der Waals surface area contributed by atoms with Gasteiger partial charge in [0.1, 0.15) is 12.1 Å². The Morgan fingerprint density at radius 1 is 1.14 bits per heavy atom. The van der Waals surface area contributed by atoms with Crippen LogP contribution in [0.4, 0.5) is 0 Å². The minimum atomic E-state index is -0.336. The number of nitrogens with one attached hydrogen (secondary N) is 1. The minimum absolute atomic E-state index is 0.0675. The van der Waals surface area contributed by atoms with Crippen molar-refractivity contribution in [1.29, 1.82) is 0 Å². The molecule has 1 heterocycles. The van der Waals surface area contributed by atoms with Gasteiger partial charge < -0.3 is 5.32 Å². The maximum Gasteiger partial charge on any atom is 0.278 e. The van der Waals surface area contributed by atoms with E-state index in [0.717, 1.165) is 23.3 Å². The van der Waals surface area contributed by atoms with E-state index in [1.165, 1.54) is 0 Å². The van der Waals surface area contributed by atoms with Crippen molar-refractivity contribution >= 4 is 28.4 Å². The molecule has 0 spiro atoms. The Hall–Kier alpha value is -2.77. The first-order valence-electron chi connectivity index (χ1n) is 9.62. The van der Waals surface area contributed by atoms with Gasteiger partial charge >= 0.3 is 0 Å². The monoisotopic (exact) mass is 413 g/mol. The lowest BCUT2D eigenvalue weighted by Crippen LogP contribution is -2.40. The van der Waals surface area contributed by atoms with Gasteiger partial charge in [-0.3, -0.25) is 14.5 Å². The quantitative estimate of drug-likeness (QED) is 0.614. The summed E-state index contributed by atoms with van der Waals surface area (Å²) in [5.74, 6) is -0.305. The first kappa shape index (κ1) is 21.0. The van der Waals surface area contributed by atoms with Gasteiger partial charge in [-0.2, -0.15) is 0 Å². The maximum absolute atomic E-state index is 12.5. The minimum Gasteiger partial charge on any atom is -0.353 e. The Labute approximate surface area is 174 Å². The van der Waals surface area contributed by atoms with Crippen molar-refractivity contribution in [2.24, 2.45) is 0 Å². The van der Waals surface area contributed by atoms with Crippen LogP contribution in [0.3, 0.4) is 0 Å². The van der Waals surface area contributed by atoms with Gasteiger partial charge in [0, 0.05) is 11.6 Å². The van der Waals surface area contributed by atoms with E-state index >= 15 is 0 Å². The van der Waals surface area contributed by atoms with E-state index in [9.17, 15) is 9.59 Å². The second-order valence-electron chi connectivity index (χ2n) is 6.63. The molecule has 152 valence electrons. The molecular formula is C21H24ClN5O2. The predicted octanol–water partition coefficient (Wildman–Crippen LogP) is 2.64. The van der Waals surface area contributed by atoms with Crippen molar-refractivity contribution in [1.82, 2.24) is 25.2 Å². The van der Waals surface area contributed by atoms with Crippen LogP contribution in [0, 0.1) is 0 Å². The third-order valence-electron chi connectivity index (χ3n) is 4.93. The van der Waals surface area contributed by atoms with E-state index in [4.69, 9.17) is 11.6 Å². The summed E-state index contributed by atoms with van der Waals surface area (Å²) in [6.07, 6.45) is 0. The Morgan fingerprint density at radius 3 is 2.55 bits per heavy atom. The molecule has 2 aromatic carbocycles. The normalized spacial score (nSPS) is 12.3. The highest BCUT2D eigenvalue weighted by Gasteiger charge is 2.21. The molecule has 1 aromatic heterocycles. The van der Waals surface area contributed by atoms with Crippen molar-refractivity contribution in [3.8, 4) is 0 Å². The van der Waals surface area contributed by atoms with Crippen molar-refractivity contribution < 1.29 is 4.79 Å². The summed E-state index contributed by atoms with van der Waals surface area (Å²) >= 11 is 6.40. The number of halogens is 1. The topological polar surface area (TPSA) is 80.1 Å². The van der Waals surface area contributed by atoms with Crippen LogP contribution in [0.5, 0.6) is 0 Å². The summed E-state index contributed by atoms with van der Waals surface area (Å²) in [6, 6.07) is 14.5. The first-order chi connectivity index (χ1) is 14.0. The van der Waals surface area contributed by atoms with Crippen LogP contribution in [0.2, 0.25) is 5.02 Å². The van der Waals surface area contributed by atoms with Crippen LogP contribution in [-0.4, -0.2) is 45.4 Å². The van der Waals surface area contributed by atoms with Gasteiger partial charge in [-0.15, -0.1) is 5.10 Å². The fourth-order valence-electron chi connectivity index (χ4n) is 3.37. The van der Waals surface area contributed by atoms with Crippen LogP contribution in [0.15, 0.2) is 53.3 Å². The molecule has 0 radical (unpaired) electrons. The molecule has 0 aliphatic heterocycles. The van der Waals surface area contributed by atoms with E-state index in [1.807, 2.05) is 24.3 Å². The van der Waals surface area contributed by atoms with Crippen LogP contribution in [0.1, 0.15) is 25.5 Å². The van der Waals surface area contributed by atoms with E-state index in [1.54, 1.807) is 24.3 Å². The second kappa shape index (κ2) is 9.62. The smallest absolute Gasteiger partial charge is 0.278 e. The number of likely N-dealkylation sites (N-methyl/N-ethyl adjacent to an activating group) is 1. The molecule has 0 bridgehead atoms. The highest BCUT2D eigenvalue weighted by atomic mass is 35.5. The molecule has 0 aliphatic rings. The Morgan fingerprint density at radius 2 is 1.83 bits per heavy atom. The lowest BCUT2D eigenvalue weighted by atomic mass is 10.0. The highest BCUT2D eigenvalue weighted by molar-refractivity contribution is 6.31. The van der Waals surface area contributed by atoms with Gasteiger partial charge in [0.25, 0.3) is 5.56 Å². The summed E-state index contributed by atoms with van der Waals surface area (Å²) in [5, 5.41) is 11.9. The Kier molecular flexibility index (Phi) is 6.95. The maximum atomic E-state index is 12.5. The lowest BCUT2D eigenvalue weighted by Gasteiger charge is -2.30. The third-order valence-corrected chi connectivity index (χ3v) is 5.28. The molecule has 0 fully saturated rings. The van der Waals surface area contributed by atoms with E-state index < -0.39 is 0 Å². The third kappa shape index (κ3) is 4.81. The zero-order valence-electron chi connectivity index (χ0n) is 16.5. The molecule has 1 atom stereocenters. The molecular weight excluding hydrogens is 390 g/mol. The molecule has 0 unspecified atom stereocenters. The summed E-state index contributed by atoms with van der Waals surface area (Å²) < 4.78 is 1.08. The second-order valence-corrected chi connectivity index (χ2v) is 7.04. The number of hydrogen-bond donors (Lipinski definition) is 1. The number of benzene rings is 2. The Balaban J connectivity index is 1.74. The average molecular weight is 414 g/mol. The number of amides is 1. The molecule has 1 amide bonds. The van der Waals surface area contributed by atoms with Crippen LogP contribution >= 0.6 is 11.6 Å². The summed E-state index contributed by atoms with van der Waals surface area (Å²) in [7, 11) is 0. The van der Waals surface area contributed by atoms with Crippen LogP contribution in [0.25, 0.3) is 10.9 Å². The highest BCUT2D eigenvalue weighted by Crippen LogP contribution is 2.26. The standard InChI is InChI=1S/C21H24ClN5O2/c1-3-26(4-2)19(15-9-5-7-11-17(15)22)13-23-20(28)14-27-21(29)16-10-6-8-12-18(16)24-25-27/h5-12,19H,3-4,13-14H2,1-2H3,(H,23,28)/t19-/m0/s1. The number of carbonyl (C=O) groups excluding carboxylic acids is 1. The van der Waals surface area contributed by atoms with E-state index in [2.05, 4.69) is 34.4 Å². The van der Waals surface area contributed by atoms with Crippen molar-refractivity contribution in [2.75, 3.05) is 19.6 Å². The van der Waals surface area contributed by atoms with Crippen LogP contribution < -0.4 is 10.9 Å². The fourth-order valence-corrected chi connectivity index (χ4v) is 3.64. The van der Waals surface area contributed by atoms with E-state index in [0.29, 0.717) is 22.5 Å². The van der Waals surface area contributed by atoms with Crippen LogP contribution in [-0.2, 0) is 11.3 Å². The molecule has 0 saturated heterocycles. The largest absolute Gasteiger partial charge is 0.353 e. The number of carbonyl (C=O) groups is 1. The van der Waals surface area contributed by atoms with Crippen molar-refractivity contribution in [3.63, 3.8) is 0 Å². The number of rotatable bonds is 8. The Bertz CT molecular complexity index is 1050. The van der Waals surface area contributed by atoms with Crippen molar-refractivity contribution in [2.45, 2.75) is 26.4 Å². The summed E-state index contributed by atoms with van der Waals surface area (Å²) in [5.41, 5.74) is 1.13. The molecule has 1 N–H and O–H groups in total. The van der Waals surface area contributed by atoms with Crippen molar-refractivity contribution in [3.05, 3.63) is 69.5 Å². The van der Waals surface area contributed by atoms with Gasteiger partial charge in [0.2, 0.25) is 5.91 Å². The summed E-state index contributed by atoms with van der Waals surface area (Å²) in [6.45, 7) is 5.96. The molecule has 7 nitrogen and oxygen atoms in total.